The van der Waals surface area contributed by atoms with Crippen LogP contribution in [0.2, 0.25) is 0 Å². The fourth-order valence-electron chi connectivity index (χ4n) is 2.80. The van der Waals surface area contributed by atoms with Gasteiger partial charge < -0.3 is 10.1 Å². The van der Waals surface area contributed by atoms with E-state index in [1.54, 1.807) is 36.0 Å². The van der Waals surface area contributed by atoms with E-state index in [4.69, 9.17) is 4.74 Å². The number of sulfonamides is 1. The van der Waals surface area contributed by atoms with Gasteiger partial charge in [-0.15, -0.1) is 11.8 Å². The summed E-state index contributed by atoms with van der Waals surface area (Å²) >= 11 is 1.59. The second-order valence-corrected chi connectivity index (χ2v) is 9.17. The minimum absolute atomic E-state index is 0.165. The van der Waals surface area contributed by atoms with Crippen LogP contribution < -0.4 is 5.32 Å². The van der Waals surface area contributed by atoms with E-state index in [2.05, 4.69) is 5.32 Å². The standard InChI is InChI=1S/C19H22N2O4S2/c1-2-26-18-9-4-3-8-17(18)19(22)20-15-6-5-7-16(14-15)27(23,24)21-10-12-25-13-11-21/h3-9,14H,2,10-13H2,1H3,(H,20,22). The number of morpholine rings is 1. The molecule has 0 aliphatic carbocycles. The van der Waals surface area contributed by atoms with Gasteiger partial charge in [-0.25, -0.2) is 8.42 Å². The fourth-order valence-corrected chi connectivity index (χ4v) is 5.06. The second-order valence-electron chi connectivity index (χ2n) is 5.93. The molecule has 1 heterocycles. The van der Waals surface area contributed by atoms with E-state index in [1.165, 1.54) is 10.4 Å². The summed E-state index contributed by atoms with van der Waals surface area (Å²) in [4.78, 5) is 13.7. The van der Waals surface area contributed by atoms with Gasteiger partial charge in [0.15, 0.2) is 0 Å². The summed E-state index contributed by atoms with van der Waals surface area (Å²) in [6.07, 6.45) is 0. The van der Waals surface area contributed by atoms with Crippen molar-refractivity contribution >= 4 is 33.4 Å². The zero-order valence-electron chi connectivity index (χ0n) is 15.1. The molecule has 8 heteroatoms. The number of thioether (sulfide) groups is 1. The molecule has 1 aliphatic rings. The summed E-state index contributed by atoms with van der Waals surface area (Å²) in [6.45, 7) is 3.48. The van der Waals surface area contributed by atoms with E-state index >= 15 is 0 Å². The van der Waals surface area contributed by atoms with Crippen LogP contribution in [0.4, 0.5) is 5.69 Å². The van der Waals surface area contributed by atoms with Crippen LogP contribution >= 0.6 is 11.8 Å². The first-order valence-electron chi connectivity index (χ1n) is 8.73. The van der Waals surface area contributed by atoms with E-state index in [1.807, 2.05) is 25.1 Å². The fraction of sp³-hybridized carbons (Fsp3) is 0.316. The van der Waals surface area contributed by atoms with Crippen molar-refractivity contribution in [2.45, 2.75) is 16.7 Å². The number of benzene rings is 2. The Kier molecular flexibility index (Phi) is 6.54. The van der Waals surface area contributed by atoms with Crippen LogP contribution in [0, 0.1) is 0 Å². The van der Waals surface area contributed by atoms with Gasteiger partial charge in [0.25, 0.3) is 5.91 Å². The van der Waals surface area contributed by atoms with Crippen LogP contribution in [0.3, 0.4) is 0 Å². The molecule has 2 aromatic rings. The van der Waals surface area contributed by atoms with Gasteiger partial charge in [-0.3, -0.25) is 4.79 Å². The lowest BCUT2D eigenvalue weighted by molar-refractivity contribution is 0.0730. The van der Waals surface area contributed by atoms with Crippen LogP contribution in [-0.4, -0.2) is 50.7 Å². The number of nitrogens with one attached hydrogen (secondary N) is 1. The van der Waals surface area contributed by atoms with Crippen molar-refractivity contribution in [1.82, 2.24) is 4.31 Å². The molecule has 0 radical (unpaired) electrons. The van der Waals surface area contributed by atoms with E-state index < -0.39 is 10.0 Å². The van der Waals surface area contributed by atoms with Gasteiger partial charge in [-0.05, 0) is 36.1 Å². The van der Waals surface area contributed by atoms with Crippen molar-refractivity contribution in [1.29, 1.82) is 0 Å². The molecular formula is C19H22N2O4S2. The molecule has 0 aromatic heterocycles. The monoisotopic (exact) mass is 406 g/mol. The molecule has 0 bridgehead atoms. The number of anilines is 1. The average molecular weight is 407 g/mol. The number of ether oxygens (including phenoxy) is 1. The summed E-state index contributed by atoms with van der Waals surface area (Å²) in [5.74, 6) is 0.602. The smallest absolute Gasteiger partial charge is 0.256 e. The maximum Gasteiger partial charge on any atom is 0.256 e. The molecule has 0 unspecified atom stereocenters. The molecule has 3 rings (SSSR count). The first-order chi connectivity index (χ1) is 13.0. The number of nitrogens with zero attached hydrogens (tertiary/aromatic N) is 1. The SMILES string of the molecule is CCSc1ccccc1C(=O)Nc1cccc(S(=O)(=O)N2CCOCC2)c1. The molecule has 1 amide bonds. The van der Waals surface area contributed by atoms with Gasteiger partial charge in [0, 0.05) is 23.7 Å². The number of amides is 1. The third-order valence-electron chi connectivity index (χ3n) is 4.13. The Balaban J connectivity index is 1.81. The Morgan fingerprint density at radius 2 is 1.89 bits per heavy atom. The highest BCUT2D eigenvalue weighted by Gasteiger charge is 2.26. The topological polar surface area (TPSA) is 75.7 Å². The minimum atomic E-state index is -3.60. The van der Waals surface area contributed by atoms with Gasteiger partial charge in [-0.2, -0.15) is 4.31 Å². The third kappa shape index (κ3) is 4.70. The number of rotatable bonds is 6. The summed E-state index contributed by atoms with van der Waals surface area (Å²) in [7, 11) is -3.60. The minimum Gasteiger partial charge on any atom is -0.379 e. The Morgan fingerprint density at radius 3 is 2.63 bits per heavy atom. The van der Waals surface area contributed by atoms with Gasteiger partial charge in [0.2, 0.25) is 10.0 Å². The molecule has 0 spiro atoms. The summed E-state index contributed by atoms with van der Waals surface area (Å²) in [5, 5.41) is 2.81. The molecule has 1 aliphatic heterocycles. The van der Waals surface area contributed by atoms with Crippen molar-refractivity contribution in [2.75, 3.05) is 37.4 Å². The van der Waals surface area contributed by atoms with Gasteiger partial charge in [0.05, 0.1) is 23.7 Å². The highest BCUT2D eigenvalue weighted by atomic mass is 32.2. The van der Waals surface area contributed by atoms with Crippen molar-refractivity contribution in [3.05, 3.63) is 54.1 Å². The summed E-state index contributed by atoms with van der Waals surface area (Å²) in [6, 6.07) is 13.7. The lowest BCUT2D eigenvalue weighted by atomic mass is 10.2. The molecule has 1 fully saturated rings. The average Bonchev–Trinajstić information content (AvgIpc) is 2.69. The van der Waals surface area contributed by atoms with Crippen LogP contribution in [0.25, 0.3) is 0 Å². The molecule has 0 saturated carbocycles. The molecule has 27 heavy (non-hydrogen) atoms. The van der Waals surface area contributed by atoms with Crippen LogP contribution in [-0.2, 0) is 14.8 Å². The maximum atomic E-state index is 12.8. The quantitative estimate of drug-likeness (QED) is 0.746. The maximum absolute atomic E-state index is 12.8. The number of carbonyl (C=O) groups is 1. The number of carbonyl (C=O) groups excluding carboxylic acids is 1. The lowest BCUT2D eigenvalue weighted by Gasteiger charge is -2.26. The summed E-state index contributed by atoms with van der Waals surface area (Å²) < 4.78 is 32.2. The molecule has 1 saturated heterocycles. The van der Waals surface area contributed by atoms with Crippen LogP contribution in [0.15, 0.2) is 58.3 Å². The zero-order valence-corrected chi connectivity index (χ0v) is 16.7. The largest absolute Gasteiger partial charge is 0.379 e. The second kappa shape index (κ2) is 8.88. The van der Waals surface area contributed by atoms with Crippen molar-refractivity contribution in [3.8, 4) is 0 Å². The Hall–Kier alpha value is -1.87. The van der Waals surface area contributed by atoms with Crippen LogP contribution in [0.1, 0.15) is 17.3 Å². The normalized spacial score (nSPS) is 15.4. The Bertz CT molecular complexity index is 909. The summed E-state index contributed by atoms with van der Waals surface area (Å²) in [5.41, 5.74) is 1.02. The van der Waals surface area contributed by atoms with Crippen molar-refractivity contribution in [2.24, 2.45) is 0 Å². The molecule has 6 nitrogen and oxygen atoms in total. The number of hydrogen-bond donors (Lipinski definition) is 1. The molecular weight excluding hydrogens is 384 g/mol. The predicted molar refractivity (Wildman–Crippen MR) is 107 cm³/mol. The Morgan fingerprint density at radius 1 is 1.15 bits per heavy atom. The van der Waals surface area contributed by atoms with E-state index in [0.717, 1.165) is 10.6 Å². The molecule has 0 atom stereocenters. The zero-order chi connectivity index (χ0) is 19.3. The van der Waals surface area contributed by atoms with Gasteiger partial charge in [-0.1, -0.05) is 25.1 Å². The first-order valence-corrected chi connectivity index (χ1v) is 11.2. The van der Waals surface area contributed by atoms with Crippen LogP contribution in [0.5, 0.6) is 0 Å². The highest BCUT2D eigenvalue weighted by molar-refractivity contribution is 7.99. The molecule has 2 aromatic carbocycles. The van der Waals surface area contributed by atoms with E-state index in [0.29, 0.717) is 37.6 Å². The molecule has 1 N–H and O–H groups in total. The van der Waals surface area contributed by atoms with Gasteiger partial charge >= 0.3 is 0 Å². The Labute approximate surface area is 164 Å². The van der Waals surface area contributed by atoms with Crippen molar-refractivity contribution in [3.63, 3.8) is 0 Å². The number of hydrogen-bond acceptors (Lipinski definition) is 5. The van der Waals surface area contributed by atoms with E-state index in [-0.39, 0.29) is 10.8 Å². The first kappa shape index (κ1) is 19.9. The van der Waals surface area contributed by atoms with Crippen molar-refractivity contribution < 1.29 is 17.9 Å². The van der Waals surface area contributed by atoms with Gasteiger partial charge in [0.1, 0.15) is 0 Å². The molecule has 144 valence electrons. The predicted octanol–water partition coefficient (Wildman–Crippen LogP) is 3.07. The third-order valence-corrected chi connectivity index (χ3v) is 6.98. The highest BCUT2D eigenvalue weighted by Crippen LogP contribution is 2.24. The lowest BCUT2D eigenvalue weighted by Crippen LogP contribution is -2.40. The van der Waals surface area contributed by atoms with E-state index in [9.17, 15) is 13.2 Å².